The third-order valence-corrected chi connectivity index (χ3v) is 4.07. The summed E-state index contributed by atoms with van der Waals surface area (Å²) in [5.41, 5.74) is 0.478. The Labute approximate surface area is 155 Å². The smallest absolute Gasteiger partial charge is 0.410 e. The van der Waals surface area contributed by atoms with Crippen LogP contribution in [-0.2, 0) is 11.3 Å². The lowest BCUT2D eigenvalue weighted by Crippen LogP contribution is -2.49. The molecule has 1 saturated heterocycles. The number of urea groups is 1. The van der Waals surface area contributed by atoms with Gasteiger partial charge in [-0.1, -0.05) is 12.1 Å². The highest BCUT2D eigenvalue weighted by molar-refractivity contribution is 5.74. The summed E-state index contributed by atoms with van der Waals surface area (Å²) >= 11 is 0. The summed E-state index contributed by atoms with van der Waals surface area (Å²) in [6.45, 7) is 7.15. The molecule has 3 amide bonds. The number of hydrogen-bond donors (Lipinski definition) is 2. The van der Waals surface area contributed by atoms with E-state index < -0.39 is 5.60 Å². The second kappa shape index (κ2) is 8.78. The maximum Gasteiger partial charge on any atom is 0.410 e. The average Bonchev–Trinajstić information content (AvgIpc) is 2.59. The van der Waals surface area contributed by atoms with Crippen LogP contribution in [0.5, 0.6) is 5.75 Å². The third kappa shape index (κ3) is 6.46. The van der Waals surface area contributed by atoms with Gasteiger partial charge in [0.1, 0.15) is 11.4 Å². The van der Waals surface area contributed by atoms with Gasteiger partial charge in [0.05, 0.1) is 7.11 Å². The number of ether oxygens (including phenoxy) is 2. The fourth-order valence-electron chi connectivity index (χ4n) is 2.73. The van der Waals surface area contributed by atoms with Crippen LogP contribution in [0.25, 0.3) is 0 Å². The van der Waals surface area contributed by atoms with Gasteiger partial charge < -0.3 is 25.0 Å². The molecule has 0 bridgehead atoms. The minimum absolute atomic E-state index is 0.0546. The van der Waals surface area contributed by atoms with Gasteiger partial charge in [-0.25, -0.2) is 9.59 Å². The van der Waals surface area contributed by atoms with E-state index >= 15 is 0 Å². The first-order valence-electron chi connectivity index (χ1n) is 8.92. The molecule has 1 aromatic carbocycles. The summed E-state index contributed by atoms with van der Waals surface area (Å²) in [7, 11) is 1.61. The Morgan fingerprint density at radius 1 is 1.23 bits per heavy atom. The van der Waals surface area contributed by atoms with E-state index in [9.17, 15) is 9.59 Å². The lowest BCUT2D eigenvalue weighted by Gasteiger charge is -2.33. The highest BCUT2D eigenvalue weighted by Crippen LogP contribution is 2.15. The molecule has 0 atom stereocenters. The summed E-state index contributed by atoms with van der Waals surface area (Å²) in [6, 6.07) is 7.42. The molecule has 0 unspecified atom stereocenters. The van der Waals surface area contributed by atoms with Crippen LogP contribution in [0, 0.1) is 0 Å². The largest absolute Gasteiger partial charge is 0.497 e. The van der Waals surface area contributed by atoms with Crippen LogP contribution < -0.4 is 15.4 Å². The zero-order valence-electron chi connectivity index (χ0n) is 16.0. The van der Waals surface area contributed by atoms with Gasteiger partial charge in [-0.3, -0.25) is 0 Å². The van der Waals surface area contributed by atoms with Crippen LogP contribution in [0.1, 0.15) is 39.2 Å². The highest BCUT2D eigenvalue weighted by atomic mass is 16.6. The van der Waals surface area contributed by atoms with Crippen LogP contribution >= 0.6 is 0 Å². The van der Waals surface area contributed by atoms with E-state index in [1.807, 2.05) is 45.0 Å². The number of likely N-dealkylation sites (tertiary alicyclic amines) is 1. The molecular formula is C19H29N3O4. The fraction of sp³-hybridized carbons (Fsp3) is 0.579. The number of carbonyl (C=O) groups is 2. The molecule has 1 aliphatic rings. The monoisotopic (exact) mass is 363 g/mol. The zero-order valence-corrected chi connectivity index (χ0v) is 16.0. The third-order valence-electron chi connectivity index (χ3n) is 4.07. The Kier molecular flexibility index (Phi) is 6.71. The average molecular weight is 363 g/mol. The van der Waals surface area contributed by atoms with E-state index in [-0.39, 0.29) is 18.2 Å². The fourth-order valence-corrected chi connectivity index (χ4v) is 2.73. The minimum Gasteiger partial charge on any atom is -0.497 e. The molecule has 0 spiro atoms. The van der Waals surface area contributed by atoms with Crippen LogP contribution in [0.2, 0.25) is 0 Å². The molecule has 0 radical (unpaired) electrons. The topological polar surface area (TPSA) is 79.9 Å². The van der Waals surface area contributed by atoms with Crippen molar-refractivity contribution >= 4 is 12.1 Å². The molecular weight excluding hydrogens is 334 g/mol. The van der Waals surface area contributed by atoms with Crippen LogP contribution in [-0.4, -0.2) is 48.9 Å². The molecule has 0 aliphatic carbocycles. The first-order chi connectivity index (χ1) is 12.3. The van der Waals surface area contributed by atoms with Crippen LogP contribution in [0.15, 0.2) is 24.3 Å². The van der Waals surface area contributed by atoms with Gasteiger partial charge in [-0.05, 0) is 51.3 Å². The Bertz CT molecular complexity index is 619. The van der Waals surface area contributed by atoms with Crippen molar-refractivity contribution in [1.29, 1.82) is 0 Å². The van der Waals surface area contributed by atoms with Crippen molar-refractivity contribution in [2.24, 2.45) is 0 Å². The molecule has 1 fully saturated rings. The predicted molar refractivity (Wildman–Crippen MR) is 99.2 cm³/mol. The molecule has 0 saturated carbocycles. The zero-order chi connectivity index (χ0) is 19.2. The normalized spacial score (nSPS) is 15.3. The van der Waals surface area contributed by atoms with Gasteiger partial charge in [-0.2, -0.15) is 0 Å². The minimum atomic E-state index is -0.494. The van der Waals surface area contributed by atoms with Crippen molar-refractivity contribution in [2.45, 2.75) is 51.8 Å². The summed E-state index contributed by atoms with van der Waals surface area (Å²) < 4.78 is 10.5. The SMILES string of the molecule is COc1cccc(CNC(=O)NC2CCN(C(=O)OC(C)(C)C)CC2)c1. The van der Waals surface area contributed by atoms with Crippen molar-refractivity contribution in [3.63, 3.8) is 0 Å². The first kappa shape index (κ1) is 19.9. The Hall–Kier alpha value is -2.44. The van der Waals surface area contributed by atoms with E-state index in [0.717, 1.165) is 11.3 Å². The number of rotatable bonds is 4. The second-order valence-corrected chi connectivity index (χ2v) is 7.42. The maximum absolute atomic E-state index is 12.1. The van der Waals surface area contributed by atoms with Crippen molar-refractivity contribution in [3.8, 4) is 5.75 Å². The molecule has 26 heavy (non-hydrogen) atoms. The van der Waals surface area contributed by atoms with Gasteiger partial charge >= 0.3 is 12.1 Å². The predicted octanol–water partition coefficient (Wildman–Crippen LogP) is 2.89. The van der Waals surface area contributed by atoms with E-state index in [2.05, 4.69) is 10.6 Å². The molecule has 7 heteroatoms. The number of nitrogens with zero attached hydrogens (tertiary/aromatic N) is 1. The standard InChI is InChI=1S/C19H29N3O4/c1-19(2,3)26-18(24)22-10-8-15(9-11-22)21-17(23)20-13-14-6-5-7-16(12-14)25-4/h5-7,12,15H,8-11,13H2,1-4H3,(H2,20,21,23). The number of nitrogens with one attached hydrogen (secondary N) is 2. The maximum atomic E-state index is 12.1. The molecule has 2 N–H and O–H groups in total. The van der Waals surface area contributed by atoms with Gasteiger partial charge in [0.25, 0.3) is 0 Å². The van der Waals surface area contributed by atoms with Crippen molar-refractivity contribution in [3.05, 3.63) is 29.8 Å². The molecule has 1 heterocycles. The molecule has 144 valence electrons. The summed E-state index contributed by atoms with van der Waals surface area (Å²) in [4.78, 5) is 25.8. The highest BCUT2D eigenvalue weighted by Gasteiger charge is 2.27. The van der Waals surface area contributed by atoms with Crippen molar-refractivity contribution in [2.75, 3.05) is 20.2 Å². The number of piperidine rings is 1. The number of amides is 3. The van der Waals surface area contributed by atoms with Gasteiger partial charge in [0.2, 0.25) is 0 Å². The van der Waals surface area contributed by atoms with E-state index in [1.54, 1.807) is 12.0 Å². The molecule has 1 aromatic rings. The second-order valence-electron chi connectivity index (χ2n) is 7.42. The number of methoxy groups -OCH3 is 1. The molecule has 2 rings (SSSR count). The summed E-state index contributed by atoms with van der Waals surface area (Å²) in [5, 5.41) is 5.82. The van der Waals surface area contributed by atoms with Gasteiger partial charge in [0.15, 0.2) is 0 Å². The number of hydrogen-bond acceptors (Lipinski definition) is 4. The Balaban J connectivity index is 1.71. The van der Waals surface area contributed by atoms with Crippen molar-refractivity contribution in [1.82, 2.24) is 15.5 Å². The van der Waals surface area contributed by atoms with Crippen LogP contribution in [0.3, 0.4) is 0 Å². The summed E-state index contributed by atoms with van der Waals surface area (Å²) in [6.07, 6.45) is 1.14. The van der Waals surface area contributed by atoms with E-state index in [1.165, 1.54) is 0 Å². The summed E-state index contributed by atoms with van der Waals surface area (Å²) in [5.74, 6) is 0.763. The Morgan fingerprint density at radius 3 is 2.54 bits per heavy atom. The van der Waals surface area contributed by atoms with E-state index in [0.29, 0.717) is 32.5 Å². The lowest BCUT2D eigenvalue weighted by molar-refractivity contribution is 0.0201. The van der Waals surface area contributed by atoms with E-state index in [4.69, 9.17) is 9.47 Å². The number of benzene rings is 1. The quantitative estimate of drug-likeness (QED) is 0.862. The molecule has 1 aliphatic heterocycles. The Morgan fingerprint density at radius 2 is 1.92 bits per heavy atom. The van der Waals surface area contributed by atoms with Gasteiger partial charge in [0, 0.05) is 25.7 Å². The number of carbonyl (C=O) groups excluding carboxylic acids is 2. The van der Waals surface area contributed by atoms with Crippen molar-refractivity contribution < 1.29 is 19.1 Å². The van der Waals surface area contributed by atoms with Crippen LogP contribution in [0.4, 0.5) is 9.59 Å². The van der Waals surface area contributed by atoms with Gasteiger partial charge in [-0.15, -0.1) is 0 Å². The lowest BCUT2D eigenvalue weighted by atomic mass is 10.1. The molecule has 0 aromatic heterocycles. The first-order valence-corrected chi connectivity index (χ1v) is 8.92. The molecule has 7 nitrogen and oxygen atoms in total.